The summed E-state index contributed by atoms with van der Waals surface area (Å²) >= 11 is 0. The van der Waals surface area contributed by atoms with Gasteiger partial charge in [0.25, 0.3) is 5.91 Å². The molecule has 10 heteroatoms. The summed E-state index contributed by atoms with van der Waals surface area (Å²) in [6.07, 6.45) is 0.400. The van der Waals surface area contributed by atoms with Crippen LogP contribution in [0.1, 0.15) is 44.5 Å². The lowest BCUT2D eigenvalue weighted by molar-refractivity contribution is -0.145. The number of nitrogens with one attached hydrogen (secondary N) is 2. The van der Waals surface area contributed by atoms with E-state index in [0.717, 1.165) is 0 Å². The Kier molecular flexibility index (Phi) is 9.94. The molecule has 0 unspecified atom stereocenters. The van der Waals surface area contributed by atoms with Crippen LogP contribution < -0.4 is 10.6 Å². The van der Waals surface area contributed by atoms with E-state index in [1.807, 2.05) is 13.8 Å². The van der Waals surface area contributed by atoms with E-state index in [9.17, 15) is 22.8 Å². The van der Waals surface area contributed by atoms with E-state index in [0.29, 0.717) is 19.5 Å². The van der Waals surface area contributed by atoms with Crippen LogP contribution in [0, 0.1) is 5.92 Å². The van der Waals surface area contributed by atoms with E-state index in [1.165, 1.54) is 35.7 Å². The summed E-state index contributed by atoms with van der Waals surface area (Å²) in [4.78, 5) is 36.3. The minimum Gasteiger partial charge on any atom is -0.467 e. The molecular weight excluding hydrogens is 410 g/mol. The Bertz CT molecular complexity index is 850. The number of sulfonamides is 1. The van der Waals surface area contributed by atoms with E-state index in [2.05, 4.69) is 15.4 Å². The maximum absolute atomic E-state index is 12.6. The Morgan fingerprint density at radius 2 is 1.77 bits per heavy atom. The summed E-state index contributed by atoms with van der Waals surface area (Å²) in [6.45, 7) is 7.54. The van der Waals surface area contributed by atoms with Gasteiger partial charge in [0.1, 0.15) is 6.04 Å². The number of carbonyl (C=O) groups is 3. The average Bonchev–Trinajstić information content (AvgIpc) is 2.71. The molecule has 2 amide bonds. The molecule has 0 fully saturated rings. The minimum atomic E-state index is -3.71. The topological polar surface area (TPSA) is 122 Å². The van der Waals surface area contributed by atoms with Crippen LogP contribution in [0.4, 0.5) is 0 Å². The molecule has 0 spiro atoms. The summed E-state index contributed by atoms with van der Waals surface area (Å²) in [6, 6.07) is 4.83. The van der Waals surface area contributed by atoms with Crippen molar-refractivity contribution in [3.63, 3.8) is 0 Å². The van der Waals surface area contributed by atoms with Gasteiger partial charge in [-0.2, -0.15) is 4.31 Å². The number of hydrogen-bond acceptors (Lipinski definition) is 6. The van der Waals surface area contributed by atoms with Crippen LogP contribution in [0.2, 0.25) is 0 Å². The summed E-state index contributed by atoms with van der Waals surface area (Å²) in [7, 11) is -2.47. The second kappa shape index (κ2) is 11.7. The van der Waals surface area contributed by atoms with Gasteiger partial charge in [-0.1, -0.05) is 33.8 Å². The molecule has 0 radical (unpaired) electrons. The second-order valence-corrected chi connectivity index (χ2v) is 9.01. The van der Waals surface area contributed by atoms with Crippen molar-refractivity contribution in [1.82, 2.24) is 14.9 Å². The first-order valence-electron chi connectivity index (χ1n) is 9.82. The normalized spacial score (nSPS) is 12.5. The number of benzene rings is 1. The number of rotatable bonds is 11. The highest BCUT2D eigenvalue weighted by Gasteiger charge is 2.24. The average molecular weight is 442 g/mol. The lowest BCUT2D eigenvalue weighted by atomic mass is 10.0. The van der Waals surface area contributed by atoms with Gasteiger partial charge >= 0.3 is 5.97 Å². The number of nitrogens with zero attached hydrogens (tertiary/aromatic N) is 1. The first kappa shape index (κ1) is 25.6. The van der Waals surface area contributed by atoms with Crippen LogP contribution in [0.15, 0.2) is 29.2 Å². The summed E-state index contributed by atoms with van der Waals surface area (Å²) < 4.78 is 31.2. The molecule has 30 heavy (non-hydrogen) atoms. The molecule has 0 aliphatic heterocycles. The second-order valence-electron chi connectivity index (χ2n) is 7.07. The Balaban J connectivity index is 2.82. The van der Waals surface area contributed by atoms with Gasteiger partial charge in [0.2, 0.25) is 15.9 Å². The third-order valence-corrected chi connectivity index (χ3v) is 6.42. The molecule has 168 valence electrons. The van der Waals surface area contributed by atoms with Crippen LogP contribution in [0.5, 0.6) is 0 Å². The largest absolute Gasteiger partial charge is 0.467 e. The molecule has 0 bridgehead atoms. The molecule has 0 aliphatic carbocycles. The van der Waals surface area contributed by atoms with Gasteiger partial charge in [-0.05, 0) is 30.5 Å². The third kappa shape index (κ3) is 7.10. The van der Waals surface area contributed by atoms with Gasteiger partial charge in [-0.15, -0.1) is 0 Å². The lowest BCUT2D eigenvalue weighted by Crippen LogP contribution is -2.46. The molecule has 0 aliphatic rings. The molecule has 1 atom stereocenters. The van der Waals surface area contributed by atoms with Gasteiger partial charge < -0.3 is 15.4 Å². The highest BCUT2D eigenvalue weighted by atomic mass is 32.2. The van der Waals surface area contributed by atoms with Crippen molar-refractivity contribution in [1.29, 1.82) is 0 Å². The van der Waals surface area contributed by atoms with Gasteiger partial charge in [0, 0.05) is 18.7 Å². The standard InChI is InChI=1S/C20H31N3O6S/c1-6-23(7-2)30(27,28)16-10-8-9-15(12-16)19(25)21-13-18(24)22-17(11-14(3)4)20(26)29-5/h8-10,12,14,17H,6-7,11,13H2,1-5H3,(H,21,25)(H,22,24)/t17-/m0/s1. The van der Waals surface area contributed by atoms with Gasteiger partial charge in [0.15, 0.2) is 0 Å². The predicted octanol–water partition coefficient (Wildman–Crippen LogP) is 1.15. The summed E-state index contributed by atoms with van der Waals surface area (Å²) in [5.74, 6) is -1.55. The summed E-state index contributed by atoms with van der Waals surface area (Å²) in [5.41, 5.74) is 0.114. The van der Waals surface area contributed by atoms with Crippen molar-refractivity contribution < 1.29 is 27.5 Å². The highest BCUT2D eigenvalue weighted by Crippen LogP contribution is 2.17. The quantitative estimate of drug-likeness (QED) is 0.497. The van der Waals surface area contributed by atoms with E-state index < -0.39 is 33.8 Å². The summed E-state index contributed by atoms with van der Waals surface area (Å²) in [5, 5.41) is 4.98. The van der Waals surface area contributed by atoms with Crippen molar-refractivity contribution in [3.05, 3.63) is 29.8 Å². The zero-order valence-electron chi connectivity index (χ0n) is 18.1. The van der Waals surface area contributed by atoms with Crippen LogP contribution in [0.25, 0.3) is 0 Å². The fourth-order valence-corrected chi connectivity index (χ4v) is 4.35. The Morgan fingerprint density at radius 3 is 2.30 bits per heavy atom. The SMILES string of the molecule is CCN(CC)S(=O)(=O)c1cccc(C(=O)NCC(=O)N[C@@H](CC(C)C)C(=O)OC)c1. The highest BCUT2D eigenvalue weighted by molar-refractivity contribution is 7.89. The van der Waals surface area contributed by atoms with Crippen molar-refractivity contribution in [2.75, 3.05) is 26.7 Å². The lowest BCUT2D eigenvalue weighted by Gasteiger charge is -2.19. The van der Waals surface area contributed by atoms with E-state index in [-0.39, 0.29) is 22.9 Å². The Morgan fingerprint density at radius 1 is 1.13 bits per heavy atom. The number of methoxy groups -OCH3 is 1. The van der Waals surface area contributed by atoms with Crippen LogP contribution >= 0.6 is 0 Å². The molecule has 0 saturated carbocycles. The fourth-order valence-electron chi connectivity index (χ4n) is 2.85. The van der Waals surface area contributed by atoms with Gasteiger partial charge in [0.05, 0.1) is 18.6 Å². The van der Waals surface area contributed by atoms with E-state index in [1.54, 1.807) is 13.8 Å². The molecule has 0 saturated heterocycles. The Hall–Kier alpha value is -2.46. The predicted molar refractivity (Wildman–Crippen MR) is 112 cm³/mol. The molecule has 0 aromatic heterocycles. The molecule has 0 heterocycles. The zero-order valence-corrected chi connectivity index (χ0v) is 18.9. The first-order chi connectivity index (χ1) is 14.1. The third-order valence-electron chi connectivity index (χ3n) is 4.38. The number of carbonyl (C=O) groups excluding carboxylic acids is 3. The van der Waals surface area contributed by atoms with E-state index in [4.69, 9.17) is 0 Å². The van der Waals surface area contributed by atoms with E-state index >= 15 is 0 Å². The Labute approximate surface area is 178 Å². The number of ether oxygens (including phenoxy) is 1. The van der Waals surface area contributed by atoms with Crippen LogP contribution in [-0.4, -0.2) is 63.3 Å². The molecular formula is C20H31N3O6S. The maximum Gasteiger partial charge on any atom is 0.328 e. The number of hydrogen-bond donors (Lipinski definition) is 2. The minimum absolute atomic E-state index is 0.00555. The number of esters is 1. The van der Waals surface area contributed by atoms with Gasteiger partial charge in [-0.3, -0.25) is 9.59 Å². The van der Waals surface area contributed by atoms with Crippen LogP contribution in [-0.2, 0) is 24.3 Å². The fraction of sp³-hybridized carbons (Fsp3) is 0.550. The van der Waals surface area contributed by atoms with Crippen molar-refractivity contribution >= 4 is 27.8 Å². The van der Waals surface area contributed by atoms with Crippen molar-refractivity contribution in [2.45, 2.75) is 45.1 Å². The van der Waals surface area contributed by atoms with Gasteiger partial charge in [-0.25, -0.2) is 13.2 Å². The number of amides is 2. The molecule has 1 aromatic rings. The smallest absolute Gasteiger partial charge is 0.328 e. The van der Waals surface area contributed by atoms with Crippen molar-refractivity contribution in [3.8, 4) is 0 Å². The molecule has 1 rings (SSSR count). The molecule has 9 nitrogen and oxygen atoms in total. The maximum atomic E-state index is 12.6. The van der Waals surface area contributed by atoms with Crippen LogP contribution in [0.3, 0.4) is 0 Å². The zero-order chi connectivity index (χ0) is 22.9. The first-order valence-corrected chi connectivity index (χ1v) is 11.3. The molecule has 1 aromatic carbocycles. The monoisotopic (exact) mass is 441 g/mol. The molecule has 2 N–H and O–H groups in total. The van der Waals surface area contributed by atoms with Crippen molar-refractivity contribution in [2.24, 2.45) is 5.92 Å².